The van der Waals surface area contributed by atoms with Gasteiger partial charge in [-0.25, -0.2) is 0 Å². The van der Waals surface area contributed by atoms with Crippen molar-refractivity contribution in [1.29, 1.82) is 0 Å². The van der Waals surface area contributed by atoms with Crippen LogP contribution < -0.4 is 4.90 Å². The van der Waals surface area contributed by atoms with Crippen LogP contribution in [0.25, 0.3) is 0 Å². The highest BCUT2D eigenvalue weighted by molar-refractivity contribution is 9.09. The fourth-order valence-corrected chi connectivity index (χ4v) is 5.28. The van der Waals surface area contributed by atoms with Gasteiger partial charge in [0.2, 0.25) is 5.91 Å². The summed E-state index contributed by atoms with van der Waals surface area (Å²) >= 11 is 3.78. The molecular formula is C22H32BrNO. The van der Waals surface area contributed by atoms with Crippen molar-refractivity contribution in [2.75, 3.05) is 11.4 Å². The van der Waals surface area contributed by atoms with Gasteiger partial charge >= 0.3 is 0 Å². The molecule has 3 rings (SSSR count). The Labute approximate surface area is 161 Å². The SMILES string of the molecule is CCCC(Br)Cc1ccc2c(c1)CCN2C(=O)CCC1CCCCC1. The molecule has 1 aliphatic heterocycles. The smallest absolute Gasteiger partial charge is 0.227 e. The summed E-state index contributed by atoms with van der Waals surface area (Å²) in [6, 6.07) is 6.73. The molecule has 1 unspecified atom stereocenters. The molecule has 0 aromatic heterocycles. The number of anilines is 1. The highest BCUT2D eigenvalue weighted by Gasteiger charge is 2.25. The molecule has 25 heavy (non-hydrogen) atoms. The molecule has 1 heterocycles. The van der Waals surface area contributed by atoms with E-state index < -0.39 is 0 Å². The Morgan fingerprint density at radius 1 is 1.28 bits per heavy atom. The lowest BCUT2D eigenvalue weighted by Gasteiger charge is -2.23. The van der Waals surface area contributed by atoms with Gasteiger partial charge in [-0.2, -0.15) is 0 Å². The minimum absolute atomic E-state index is 0.335. The van der Waals surface area contributed by atoms with E-state index in [9.17, 15) is 4.79 Å². The second-order valence-corrected chi connectivity index (χ2v) is 9.19. The maximum Gasteiger partial charge on any atom is 0.227 e. The van der Waals surface area contributed by atoms with Crippen molar-refractivity contribution in [3.05, 3.63) is 29.3 Å². The first-order chi connectivity index (χ1) is 12.2. The van der Waals surface area contributed by atoms with Crippen LogP contribution in [0.3, 0.4) is 0 Å². The van der Waals surface area contributed by atoms with Crippen LogP contribution in [0.4, 0.5) is 5.69 Å². The number of nitrogens with zero attached hydrogens (tertiary/aromatic N) is 1. The normalized spacial score (nSPS) is 19.0. The Kier molecular flexibility index (Phi) is 6.98. The molecule has 0 saturated heterocycles. The molecular weight excluding hydrogens is 374 g/mol. The van der Waals surface area contributed by atoms with Crippen molar-refractivity contribution in [2.45, 2.75) is 82.4 Å². The highest BCUT2D eigenvalue weighted by Crippen LogP contribution is 2.32. The van der Waals surface area contributed by atoms with Gasteiger partial charge in [-0.05, 0) is 48.8 Å². The molecule has 0 radical (unpaired) electrons. The van der Waals surface area contributed by atoms with Gasteiger partial charge in [-0.3, -0.25) is 4.79 Å². The molecule has 1 aromatic carbocycles. The van der Waals surface area contributed by atoms with Crippen molar-refractivity contribution in [3.63, 3.8) is 0 Å². The maximum atomic E-state index is 12.7. The number of amides is 1. The molecule has 1 atom stereocenters. The Hall–Kier alpha value is -0.830. The van der Waals surface area contributed by atoms with Crippen LogP contribution in [0.2, 0.25) is 0 Å². The summed E-state index contributed by atoms with van der Waals surface area (Å²) in [6.07, 6.45) is 13.1. The van der Waals surface area contributed by atoms with E-state index in [-0.39, 0.29) is 0 Å². The predicted molar refractivity (Wildman–Crippen MR) is 110 cm³/mol. The van der Waals surface area contributed by atoms with Crippen molar-refractivity contribution in [3.8, 4) is 0 Å². The number of rotatable bonds is 7. The summed E-state index contributed by atoms with van der Waals surface area (Å²) in [4.78, 5) is 15.3. The van der Waals surface area contributed by atoms with E-state index >= 15 is 0 Å². The Morgan fingerprint density at radius 2 is 2.08 bits per heavy atom. The van der Waals surface area contributed by atoms with Gasteiger partial charge in [-0.1, -0.05) is 73.5 Å². The largest absolute Gasteiger partial charge is 0.312 e. The van der Waals surface area contributed by atoms with Gasteiger partial charge in [0.1, 0.15) is 0 Å². The van der Waals surface area contributed by atoms with E-state index in [1.54, 1.807) is 0 Å². The molecule has 1 aliphatic carbocycles. The van der Waals surface area contributed by atoms with Gasteiger partial charge < -0.3 is 4.90 Å². The van der Waals surface area contributed by atoms with Crippen LogP contribution in [-0.2, 0) is 17.6 Å². The summed E-state index contributed by atoms with van der Waals surface area (Å²) in [5.74, 6) is 1.12. The Bertz CT molecular complexity index is 579. The molecule has 1 saturated carbocycles. The lowest BCUT2D eigenvalue weighted by Crippen LogP contribution is -2.29. The zero-order chi connectivity index (χ0) is 17.6. The molecule has 1 fully saturated rings. The molecule has 2 aliphatic rings. The average Bonchev–Trinajstić information content (AvgIpc) is 3.04. The summed E-state index contributed by atoms with van der Waals surface area (Å²) in [7, 11) is 0. The summed E-state index contributed by atoms with van der Waals surface area (Å²) in [6.45, 7) is 3.10. The number of hydrogen-bond acceptors (Lipinski definition) is 1. The summed E-state index contributed by atoms with van der Waals surface area (Å²) in [5, 5.41) is 0. The average molecular weight is 406 g/mol. The Morgan fingerprint density at radius 3 is 2.84 bits per heavy atom. The number of halogens is 1. The maximum absolute atomic E-state index is 12.7. The van der Waals surface area contributed by atoms with Gasteiger partial charge in [0.05, 0.1) is 0 Å². The van der Waals surface area contributed by atoms with Crippen LogP contribution in [0.5, 0.6) is 0 Å². The third-order valence-corrected chi connectivity index (χ3v) is 6.67. The lowest BCUT2D eigenvalue weighted by molar-refractivity contribution is -0.118. The van der Waals surface area contributed by atoms with E-state index in [2.05, 4.69) is 41.1 Å². The first-order valence-corrected chi connectivity index (χ1v) is 11.1. The minimum atomic E-state index is 0.335. The quantitative estimate of drug-likeness (QED) is 0.506. The number of fused-ring (bicyclic) bond motifs is 1. The topological polar surface area (TPSA) is 20.3 Å². The highest BCUT2D eigenvalue weighted by atomic mass is 79.9. The first-order valence-electron chi connectivity index (χ1n) is 10.2. The van der Waals surface area contributed by atoms with Crippen LogP contribution in [-0.4, -0.2) is 17.3 Å². The number of benzene rings is 1. The molecule has 1 amide bonds. The monoisotopic (exact) mass is 405 g/mol. The van der Waals surface area contributed by atoms with Crippen molar-refractivity contribution in [1.82, 2.24) is 0 Å². The number of hydrogen-bond donors (Lipinski definition) is 0. The third kappa shape index (κ3) is 5.09. The molecule has 138 valence electrons. The van der Waals surface area contributed by atoms with E-state index in [0.717, 1.165) is 38.1 Å². The van der Waals surface area contributed by atoms with Gasteiger partial charge in [0, 0.05) is 23.5 Å². The number of carbonyl (C=O) groups is 1. The second-order valence-electron chi connectivity index (χ2n) is 7.89. The molecule has 1 aromatic rings. The minimum Gasteiger partial charge on any atom is -0.312 e. The Balaban J connectivity index is 1.56. The summed E-state index contributed by atoms with van der Waals surface area (Å²) < 4.78 is 0. The van der Waals surface area contributed by atoms with E-state index in [4.69, 9.17) is 0 Å². The van der Waals surface area contributed by atoms with E-state index in [1.165, 1.54) is 61.8 Å². The molecule has 0 N–H and O–H groups in total. The van der Waals surface area contributed by atoms with Gasteiger partial charge in [-0.15, -0.1) is 0 Å². The van der Waals surface area contributed by atoms with Crippen LogP contribution in [0.15, 0.2) is 18.2 Å². The number of carbonyl (C=O) groups excluding carboxylic acids is 1. The second kappa shape index (κ2) is 9.21. The fraction of sp³-hybridized carbons (Fsp3) is 0.682. The number of alkyl halides is 1. The van der Waals surface area contributed by atoms with Crippen LogP contribution in [0.1, 0.15) is 75.8 Å². The predicted octanol–water partition coefficient (Wildman–Crippen LogP) is 6.04. The van der Waals surface area contributed by atoms with Crippen molar-refractivity contribution >= 4 is 27.5 Å². The van der Waals surface area contributed by atoms with Crippen molar-refractivity contribution < 1.29 is 4.79 Å². The molecule has 2 nitrogen and oxygen atoms in total. The zero-order valence-electron chi connectivity index (χ0n) is 15.6. The zero-order valence-corrected chi connectivity index (χ0v) is 17.2. The van der Waals surface area contributed by atoms with E-state index in [1.807, 2.05) is 4.90 Å². The summed E-state index contributed by atoms with van der Waals surface area (Å²) in [5.41, 5.74) is 3.92. The van der Waals surface area contributed by atoms with Crippen molar-refractivity contribution in [2.24, 2.45) is 5.92 Å². The van der Waals surface area contributed by atoms with Gasteiger partial charge in [0.25, 0.3) is 0 Å². The molecule has 3 heteroatoms. The van der Waals surface area contributed by atoms with Gasteiger partial charge in [0.15, 0.2) is 0 Å². The van der Waals surface area contributed by atoms with E-state index in [0.29, 0.717) is 10.7 Å². The molecule has 0 bridgehead atoms. The third-order valence-electron chi connectivity index (χ3n) is 5.89. The molecule has 0 spiro atoms. The van der Waals surface area contributed by atoms with Crippen LogP contribution >= 0.6 is 15.9 Å². The first kappa shape index (κ1) is 18.9. The van der Waals surface area contributed by atoms with Crippen LogP contribution in [0, 0.1) is 5.92 Å². The lowest BCUT2D eigenvalue weighted by atomic mass is 9.86. The fourth-order valence-electron chi connectivity index (χ4n) is 4.45. The standard InChI is InChI=1S/C22H32BrNO/c1-2-6-20(23)16-18-9-11-21-19(15-18)13-14-24(21)22(25)12-10-17-7-4-3-5-8-17/h9,11,15,17,20H,2-8,10,12-14,16H2,1H3.